The maximum Gasteiger partial charge on any atom is 0.343 e. The van der Waals surface area contributed by atoms with Gasteiger partial charge in [-0.15, -0.1) is 0 Å². The van der Waals surface area contributed by atoms with Crippen LogP contribution in [0.2, 0.25) is 0 Å². The highest BCUT2D eigenvalue weighted by atomic mass is 16.5. The van der Waals surface area contributed by atoms with Crippen LogP contribution in [0.5, 0.6) is 17.2 Å². The average Bonchev–Trinajstić information content (AvgIpc) is 2.87. The van der Waals surface area contributed by atoms with E-state index >= 15 is 0 Å². The van der Waals surface area contributed by atoms with Crippen LogP contribution in [0.15, 0.2) is 47.5 Å². The lowest BCUT2D eigenvalue weighted by atomic mass is 10.1. The number of hydrogen-bond donors (Lipinski definition) is 2. The Morgan fingerprint density at radius 2 is 1.44 bits per heavy atom. The quantitative estimate of drug-likeness (QED) is 0.188. The van der Waals surface area contributed by atoms with Gasteiger partial charge < -0.3 is 30.2 Å². The van der Waals surface area contributed by atoms with Crippen LogP contribution in [0.25, 0.3) is 0 Å². The summed E-state index contributed by atoms with van der Waals surface area (Å²) in [5, 5.41) is 2.67. The molecule has 0 saturated carbocycles. The highest BCUT2D eigenvalue weighted by Gasteiger charge is 2.22. The van der Waals surface area contributed by atoms with Crippen molar-refractivity contribution >= 4 is 17.8 Å². The molecule has 0 aliphatic rings. The van der Waals surface area contributed by atoms with Crippen molar-refractivity contribution in [3.8, 4) is 17.2 Å². The largest absolute Gasteiger partial charge is 0.494 e. The monoisotopic (exact) mass is 540 g/mol. The Morgan fingerprint density at radius 1 is 0.846 bits per heavy atom. The van der Waals surface area contributed by atoms with Gasteiger partial charge in [0.1, 0.15) is 11.6 Å². The Bertz CT molecular complexity index is 1090. The second-order valence-electron chi connectivity index (χ2n) is 10.1. The van der Waals surface area contributed by atoms with Gasteiger partial charge in [-0.05, 0) is 103 Å². The van der Waals surface area contributed by atoms with Crippen LogP contribution in [-0.4, -0.2) is 61.1 Å². The van der Waals surface area contributed by atoms with Gasteiger partial charge in [0.2, 0.25) is 0 Å². The first kappa shape index (κ1) is 31.5. The van der Waals surface area contributed by atoms with Crippen LogP contribution >= 0.6 is 0 Å². The van der Waals surface area contributed by atoms with E-state index in [0.717, 1.165) is 25.0 Å². The molecule has 9 nitrogen and oxygen atoms in total. The Morgan fingerprint density at radius 3 is 2.00 bits per heavy atom. The third-order valence-corrected chi connectivity index (χ3v) is 5.86. The van der Waals surface area contributed by atoms with Crippen LogP contribution < -0.4 is 25.3 Å². The highest BCUT2D eigenvalue weighted by Crippen LogP contribution is 2.29. The Balaban J connectivity index is 1.76. The first-order valence-corrected chi connectivity index (χ1v) is 13.5. The molecule has 0 aliphatic carbocycles. The molecule has 0 fully saturated rings. The average molecular weight is 541 g/mol. The fourth-order valence-corrected chi connectivity index (χ4v) is 4.06. The number of benzene rings is 2. The number of amidine groups is 1. The number of carbonyl (C=O) groups is 2. The molecule has 0 bridgehead atoms. The molecule has 2 rings (SSSR count). The number of hydrogen-bond acceptors (Lipinski definition) is 5. The summed E-state index contributed by atoms with van der Waals surface area (Å²) in [6, 6.07) is 12.2. The normalized spacial score (nSPS) is 11.6. The predicted molar refractivity (Wildman–Crippen MR) is 155 cm³/mol. The number of amides is 3. The van der Waals surface area contributed by atoms with E-state index in [0.29, 0.717) is 35.8 Å². The second-order valence-corrected chi connectivity index (χ2v) is 10.1. The molecular formula is C30H44N4O5. The first-order chi connectivity index (χ1) is 18.5. The number of carbonyl (C=O) groups excluding carboxylic acids is 2. The van der Waals surface area contributed by atoms with Gasteiger partial charge in [0.15, 0.2) is 11.5 Å². The topological polar surface area (TPSA) is 115 Å². The number of nitrogens with one attached hydrogen (secondary N) is 1. The van der Waals surface area contributed by atoms with Crippen LogP contribution in [0.4, 0.5) is 4.79 Å². The van der Waals surface area contributed by atoms with Crippen LogP contribution in [0, 0.1) is 0 Å². The molecule has 2 aromatic rings. The molecule has 2 aromatic carbocycles. The first-order valence-electron chi connectivity index (χ1n) is 13.5. The Kier molecular flexibility index (Phi) is 12.6. The van der Waals surface area contributed by atoms with Crippen molar-refractivity contribution in [1.29, 1.82) is 0 Å². The SMILES string of the molecule is COc1cc(C(=O)N(C(C)C)C(C)C)ccc1OCCCCCOc1ccc(C(N)=NC(=O)NC(C)C)cc1. The van der Waals surface area contributed by atoms with Crippen molar-refractivity contribution in [2.45, 2.75) is 78.9 Å². The summed E-state index contributed by atoms with van der Waals surface area (Å²) < 4.78 is 17.2. The zero-order valence-corrected chi connectivity index (χ0v) is 24.3. The minimum atomic E-state index is -0.461. The van der Waals surface area contributed by atoms with Crippen molar-refractivity contribution in [2.24, 2.45) is 10.7 Å². The molecule has 0 aliphatic heterocycles. The van der Waals surface area contributed by atoms with Crippen molar-refractivity contribution in [1.82, 2.24) is 10.2 Å². The van der Waals surface area contributed by atoms with E-state index in [2.05, 4.69) is 10.3 Å². The van der Waals surface area contributed by atoms with Crippen molar-refractivity contribution < 1.29 is 23.8 Å². The number of methoxy groups -OCH3 is 1. The van der Waals surface area contributed by atoms with E-state index < -0.39 is 6.03 Å². The molecule has 0 spiro atoms. The van der Waals surface area contributed by atoms with E-state index in [1.165, 1.54) is 0 Å². The van der Waals surface area contributed by atoms with Crippen molar-refractivity contribution in [3.05, 3.63) is 53.6 Å². The van der Waals surface area contributed by atoms with Gasteiger partial charge in [0.25, 0.3) is 5.91 Å². The summed E-state index contributed by atoms with van der Waals surface area (Å²) in [4.78, 5) is 30.4. The molecule has 0 unspecified atom stereocenters. The summed E-state index contributed by atoms with van der Waals surface area (Å²) in [5.41, 5.74) is 7.15. The molecule has 9 heteroatoms. The van der Waals surface area contributed by atoms with Crippen molar-refractivity contribution in [2.75, 3.05) is 20.3 Å². The molecule has 0 aromatic heterocycles. The summed E-state index contributed by atoms with van der Waals surface area (Å²) in [7, 11) is 1.58. The van der Waals surface area contributed by atoms with E-state index in [1.54, 1.807) is 37.4 Å². The molecule has 39 heavy (non-hydrogen) atoms. The number of aliphatic imine (C=N–C) groups is 1. The maximum absolute atomic E-state index is 13.0. The number of ether oxygens (including phenoxy) is 3. The second kappa shape index (κ2) is 15.6. The molecule has 0 radical (unpaired) electrons. The van der Waals surface area contributed by atoms with Crippen LogP contribution in [0.1, 0.15) is 76.7 Å². The third kappa shape index (κ3) is 10.1. The number of nitrogens with two attached hydrogens (primary N) is 1. The van der Waals surface area contributed by atoms with Gasteiger partial charge in [-0.1, -0.05) is 0 Å². The third-order valence-electron chi connectivity index (χ3n) is 5.86. The Labute approximate surface area is 232 Å². The van der Waals surface area contributed by atoms with Gasteiger partial charge in [-0.25, -0.2) is 4.79 Å². The lowest BCUT2D eigenvalue weighted by Gasteiger charge is -2.31. The van der Waals surface area contributed by atoms with Crippen molar-refractivity contribution in [3.63, 3.8) is 0 Å². The molecular weight excluding hydrogens is 496 g/mol. The number of nitrogens with zero attached hydrogens (tertiary/aromatic N) is 2. The summed E-state index contributed by atoms with van der Waals surface area (Å²) in [6.07, 6.45) is 2.65. The minimum absolute atomic E-state index is 0.00601. The standard InChI is InChI=1S/C30H44N4O5/c1-20(2)32-30(36)33-28(31)23-11-14-25(15-12-23)38-17-9-8-10-18-39-26-16-13-24(19-27(26)37-7)29(35)34(21(3)4)22(5)6/h11-16,19-22H,8-10,17-18H2,1-7H3,(H3,31,32,33,36). The van der Waals surface area contributed by atoms with Gasteiger partial charge in [0.05, 0.1) is 20.3 Å². The number of unbranched alkanes of at least 4 members (excludes halogenated alkanes) is 2. The molecule has 0 atom stereocenters. The molecule has 214 valence electrons. The Hall–Kier alpha value is -3.75. The summed E-state index contributed by atoms with van der Waals surface area (Å²) >= 11 is 0. The minimum Gasteiger partial charge on any atom is -0.494 e. The maximum atomic E-state index is 13.0. The van der Waals surface area contributed by atoms with E-state index in [4.69, 9.17) is 19.9 Å². The van der Waals surface area contributed by atoms with Gasteiger partial charge in [-0.2, -0.15) is 4.99 Å². The highest BCUT2D eigenvalue weighted by molar-refractivity contribution is 6.03. The molecule has 0 heterocycles. The van der Waals surface area contributed by atoms with Crippen LogP contribution in [0.3, 0.4) is 0 Å². The summed E-state index contributed by atoms with van der Waals surface area (Å²) in [5.74, 6) is 2.03. The lowest BCUT2D eigenvalue weighted by molar-refractivity contribution is 0.0643. The lowest BCUT2D eigenvalue weighted by Crippen LogP contribution is -2.42. The van der Waals surface area contributed by atoms with Gasteiger partial charge >= 0.3 is 6.03 Å². The van der Waals surface area contributed by atoms with Gasteiger partial charge in [-0.3, -0.25) is 4.79 Å². The van der Waals surface area contributed by atoms with E-state index in [1.807, 2.05) is 58.6 Å². The smallest absolute Gasteiger partial charge is 0.343 e. The molecule has 0 saturated heterocycles. The van der Waals surface area contributed by atoms with Crippen LogP contribution in [-0.2, 0) is 0 Å². The number of rotatable bonds is 14. The zero-order valence-electron chi connectivity index (χ0n) is 24.3. The fourth-order valence-electron chi connectivity index (χ4n) is 4.06. The molecule has 3 N–H and O–H groups in total. The fraction of sp³-hybridized carbons (Fsp3) is 0.500. The zero-order chi connectivity index (χ0) is 28.9. The molecule has 3 amide bonds. The summed E-state index contributed by atoms with van der Waals surface area (Å²) in [6.45, 7) is 12.9. The van der Waals surface area contributed by atoms with Gasteiger partial charge in [0, 0.05) is 29.3 Å². The van der Waals surface area contributed by atoms with E-state index in [9.17, 15) is 9.59 Å². The number of urea groups is 1. The van der Waals surface area contributed by atoms with E-state index in [-0.39, 0.29) is 29.9 Å². The predicted octanol–water partition coefficient (Wildman–Crippen LogP) is 5.41.